The number of nitrogens with zero attached hydrogens (tertiary/aromatic N) is 1. The third kappa shape index (κ3) is 3.59. The lowest BCUT2D eigenvalue weighted by molar-refractivity contribution is -0.142. The van der Waals surface area contributed by atoms with Crippen molar-refractivity contribution in [2.45, 2.75) is 51.6 Å². The number of carbonyl (C=O) groups excluding carboxylic acids is 2. The summed E-state index contributed by atoms with van der Waals surface area (Å²) in [6.45, 7) is 6.67. The van der Waals surface area contributed by atoms with Crippen LogP contribution in [0.2, 0.25) is 0 Å². The van der Waals surface area contributed by atoms with Gasteiger partial charge in [0.1, 0.15) is 0 Å². The molecular weight excluding hydrogens is 254 g/mol. The summed E-state index contributed by atoms with van der Waals surface area (Å²) in [7, 11) is 0. The van der Waals surface area contributed by atoms with Crippen molar-refractivity contribution in [2.24, 2.45) is 5.73 Å². The molecule has 0 saturated carbocycles. The normalized spacial score (nSPS) is 22.7. The largest absolute Gasteiger partial charge is 0.368 e. The van der Waals surface area contributed by atoms with Gasteiger partial charge in [0.15, 0.2) is 0 Å². The lowest BCUT2D eigenvalue weighted by Gasteiger charge is -2.35. The molecule has 1 aliphatic rings. The van der Waals surface area contributed by atoms with Crippen LogP contribution in [0, 0.1) is 0 Å². The van der Waals surface area contributed by atoms with Gasteiger partial charge in [0.25, 0.3) is 0 Å². The minimum absolute atomic E-state index is 0. The zero-order valence-electron chi connectivity index (χ0n) is 11.4. The van der Waals surface area contributed by atoms with Crippen LogP contribution in [0.1, 0.15) is 40.0 Å². The van der Waals surface area contributed by atoms with E-state index in [2.05, 4.69) is 5.32 Å². The molecule has 0 aliphatic carbocycles. The van der Waals surface area contributed by atoms with Crippen molar-refractivity contribution in [1.82, 2.24) is 10.2 Å². The second kappa shape index (κ2) is 6.95. The van der Waals surface area contributed by atoms with Gasteiger partial charge >= 0.3 is 0 Å². The minimum atomic E-state index is -0.486. The summed E-state index contributed by atoms with van der Waals surface area (Å²) in [6.07, 6.45) is 2.58. The molecule has 1 fully saturated rings. The molecule has 6 heteroatoms. The Bertz CT molecular complexity index is 302. The number of amides is 2. The van der Waals surface area contributed by atoms with Gasteiger partial charge in [-0.15, -0.1) is 12.4 Å². The van der Waals surface area contributed by atoms with Gasteiger partial charge in [0, 0.05) is 6.04 Å². The maximum atomic E-state index is 12.5. The van der Waals surface area contributed by atoms with Crippen molar-refractivity contribution in [3.05, 3.63) is 0 Å². The molecule has 0 spiro atoms. The highest BCUT2D eigenvalue weighted by Gasteiger charge is 2.42. The zero-order valence-corrected chi connectivity index (χ0v) is 12.2. The smallest absolute Gasteiger partial charge is 0.243 e. The molecule has 3 N–H and O–H groups in total. The number of nitrogens with one attached hydrogen (secondary N) is 1. The van der Waals surface area contributed by atoms with Crippen molar-refractivity contribution in [2.75, 3.05) is 13.1 Å². The van der Waals surface area contributed by atoms with Crippen LogP contribution >= 0.6 is 12.4 Å². The molecule has 0 aromatic carbocycles. The predicted molar refractivity (Wildman–Crippen MR) is 73.6 cm³/mol. The first-order valence-electron chi connectivity index (χ1n) is 6.27. The molecule has 1 saturated heterocycles. The summed E-state index contributed by atoms with van der Waals surface area (Å²) in [5, 5.41) is 3.28. The van der Waals surface area contributed by atoms with Crippen molar-refractivity contribution < 1.29 is 9.59 Å². The second-order valence-electron chi connectivity index (χ2n) is 4.96. The van der Waals surface area contributed by atoms with Gasteiger partial charge in [0.05, 0.1) is 12.1 Å². The number of hydrogen-bond donors (Lipinski definition) is 2. The highest BCUT2D eigenvalue weighted by molar-refractivity contribution is 5.90. The molecule has 1 rings (SSSR count). The zero-order chi connectivity index (χ0) is 13.1. The number of rotatable bonds is 5. The van der Waals surface area contributed by atoms with Crippen LogP contribution in [-0.2, 0) is 9.59 Å². The van der Waals surface area contributed by atoms with E-state index in [0.717, 1.165) is 25.8 Å². The lowest BCUT2D eigenvalue weighted by atomic mass is 9.92. The predicted octanol–water partition coefficient (Wildman–Crippen LogP) is 0.663. The lowest BCUT2D eigenvalue weighted by Crippen LogP contribution is -2.57. The van der Waals surface area contributed by atoms with Crippen LogP contribution in [0.3, 0.4) is 0 Å². The fourth-order valence-electron chi connectivity index (χ4n) is 2.37. The van der Waals surface area contributed by atoms with E-state index in [-0.39, 0.29) is 30.9 Å². The fraction of sp³-hybridized carbons (Fsp3) is 0.833. The Morgan fingerprint density at radius 1 is 1.44 bits per heavy atom. The van der Waals surface area contributed by atoms with Crippen molar-refractivity contribution in [1.29, 1.82) is 0 Å². The Morgan fingerprint density at radius 3 is 2.39 bits per heavy atom. The van der Waals surface area contributed by atoms with Crippen LogP contribution in [0.5, 0.6) is 0 Å². The summed E-state index contributed by atoms with van der Waals surface area (Å²) in [4.78, 5) is 25.1. The second-order valence-corrected chi connectivity index (χ2v) is 4.96. The highest BCUT2D eigenvalue weighted by atomic mass is 35.5. The molecule has 0 aromatic rings. The van der Waals surface area contributed by atoms with Crippen LogP contribution < -0.4 is 11.1 Å². The molecular formula is C12H24ClN3O2. The van der Waals surface area contributed by atoms with Gasteiger partial charge in [-0.1, -0.05) is 6.92 Å². The number of hydrogen-bond acceptors (Lipinski definition) is 3. The molecule has 0 radical (unpaired) electrons. The van der Waals surface area contributed by atoms with Gasteiger partial charge in [0.2, 0.25) is 11.8 Å². The van der Waals surface area contributed by atoms with Crippen LogP contribution in [0.4, 0.5) is 0 Å². The maximum absolute atomic E-state index is 12.5. The van der Waals surface area contributed by atoms with Crippen molar-refractivity contribution in [3.63, 3.8) is 0 Å². The van der Waals surface area contributed by atoms with Gasteiger partial charge in [-0.2, -0.15) is 0 Å². The average Bonchev–Trinajstić information content (AvgIpc) is 2.74. The Kier molecular flexibility index (Phi) is 6.63. The maximum Gasteiger partial charge on any atom is 0.243 e. The quantitative estimate of drug-likeness (QED) is 0.775. The first-order valence-corrected chi connectivity index (χ1v) is 6.27. The third-order valence-electron chi connectivity index (χ3n) is 3.47. The molecule has 18 heavy (non-hydrogen) atoms. The monoisotopic (exact) mass is 277 g/mol. The van der Waals surface area contributed by atoms with Crippen LogP contribution in [0.25, 0.3) is 0 Å². The molecule has 1 aliphatic heterocycles. The number of nitrogens with two attached hydrogens (primary N) is 1. The van der Waals surface area contributed by atoms with E-state index in [1.165, 1.54) is 0 Å². The molecule has 1 atom stereocenters. The molecule has 0 bridgehead atoms. The summed E-state index contributed by atoms with van der Waals surface area (Å²) >= 11 is 0. The van der Waals surface area contributed by atoms with E-state index in [9.17, 15) is 9.59 Å². The molecule has 5 nitrogen and oxygen atoms in total. The number of carbonyl (C=O) groups is 2. The highest BCUT2D eigenvalue weighted by Crippen LogP contribution is 2.26. The molecule has 0 aromatic heterocycles. The van der Waals surface area contributed by atoms with Crippen LogP contribution in [0.15, 0.2) is 0 Å². The molecule has 1 unspecified atom stereocenters. The molecule has 106 valence electrons. The van der Waals surface area contributed by atoms with Crippen LogP contribution in [-0.4, -0.2) is 41.4 Å². The number of halogens is 1. The summed E-state index contributed by atoms with van der Waals surface area (Å²) < 4.78 is 0. The van der Waals surface area contributed by atoms with E-state index in [0.29, 0.717) is 0 Å². The van der Waals surface area contributed by atoms with Gasteiger partial charge in [-0.3, -0.25) is 9.59 Å². The van der Waals surface area contributed by atoms with Gasteiger partial charge in [-0.05, 0) is 39.7 Å². The van der Waals surface area contributed by atoms with Gasteiger partial charge in [-0.25, -0.2) is 0 Å². The topological polar surface area (TPSA) is 75.4 Å². The van der Waals surface area contributed by atoms with Gasteiger partial charge < -0.3 is 16.0 Å². The molecule has 1 heterocycles. The summed E-state index contributed by atoms with van der Waals surface area (Å²) in [5.41, 5.74) is 4.71. The van der Waals surface area contributed by atoms with E-state index in [1.54, 1.807) is 4.90 Å². The van der Waals surface area contributed by atoms with E-state index >= 15 is 0 Å². The minimum Gasteiger partial charge on any atom is -0.368 e. The SMILES string of the molecule is CCC1(C(=O)N(CC(N)=O)C(C)C)CCCN1.Cl. The first-order chi connectivity index (χ1) is 7.93. The summed E-state index contributed by atoms with van der Waals surface area (Å²) in [6, 6.07) is -0.0131. The number of primary amides is 1. The van der Waals surface area contributed by atoms with E-state index in [1.807, 2.05) is 20.8 Å². The van der Waals surface area contributed by atoms with Crippen molar-refractivity contribution in [3.8, 4) is 0 Å². The Morgan fingerprint density at radius 2 is 2.06 bits per heavy atom. The Hall–Kier alpha value is -0.810. The first kappa shape index (κ1) is 17.2. The van der Waals surface area contributed by atoms with E-state index < -0.39 is 11.4 Å². The van der Waals surface area contributed by atoms with Crippen molar-refractivity contribution >= 4 is 24.2 Å². The Labute approximate surface area is 115 Å². The molecule has 2 amide bonds. The third-order valence-corrected chi connectivity index (χ3v) is 3.47. The fourth-order valence-corrected chi connectivity index (χ4v) is 2.37. The average molecular weight is 278 g/mol. The van der Waals surface area contributed by atoms with E-state index in [4.69, 9.17) is 5.73 Å². The summed E-state index contributed by atoms with van der Waals surface area (Å²) in [5.74, 6) is -0.456. The Balaban J connectivity index is 0.00000289. The standard InChI is InChI=1S/C12H23N3O2.ClH/c1-4-12(6-5-7-14-12)11(17)15(9(2)3)8-10(13)16;/h9,14H,4-8H2,1-3H3,(H2,13,16);1H.